The predicted molar refractivity (Wildman–Crippen MR) is 82.7 cm³/mol. The summed E-state index contributed by atoms with van der Waals surface area (Å²) in [5.74, 6) is 0.906. The molecule has 0 bridgehead atoms. The lowest BCUT2D eigenvalue weighted by molar-refractivity contribution is -0.128. The van der Waals surface area contributed by atoms with Gasteiger partial charge in [0.25, 0.3) is 0 Å². The molecule has 106 valence electrons. The van der Waals surface area contributed by atoms with Crippen LogP contribution >= 0.6 is 0 Å². The molecule has 0 spiro atoms. The van der Waals surface area contributed by atoms with Crippen molar-refractivity contribution in [1.29, 1.82) is 0 Å². The fraction of sp³-hybridized carbons (Fsp3) is 0.167. The maximum Gasteiger partial charge on any atom is 0.231 e. The van der Waals surface area contributed by atoms with E-state index in [1.54, 1.807) is 12.0 Å². The average Bonchev–Trinajstić information content (AvgIpc) is 2.55. The van der Waals surface area contributed by atoms with Crippen LogP contribution in [0.4, 0.5) is 0 Å². The third kappa shape index (κ3) is 2.97. The summed E-state index contributed by atoms with van der Waals surface area (Å²) in [7, 11) is 1.64. The van der Waals surface area contributed by atoms with E-state index in [0.29, 0.717) is 13.0 Å². The van der Waals surface area contributed by atoms with Crippen LogP contribution in [-0.4, -0.2) is 17.9 Å². The molecule has 3 nitrogen and oxygen atoms in total. The number of methoxy groups -OCH3 is 1. The minimum atomic E-state index is 0.103. The molecule has 3 heteroatoms. The highest BCUT2D eigenvalue weighted by Crippen LogP contribution is 2.20. The first-order valence-electron chi connectivity index (χ1n) is 6.95. The summed E-state index contributed by atoms with van der Waals surface area (Å²) in [6, 6.07) is 15.8. The van der Waals surface area contributed by atoms with Crippen LogP contribution in [0.1, 0.15) is 16.7 Å². The lowest BCUT2D eigenvalue weighted by Crippen LogP contribution is -2.28. The first-order valence-corrected chi connectivity index (χ1v) is 6.95. The lowest BCUT2D eigenvalue weighted by atomic mass is 10.0. The summed E-state index contributed by atoms with van der Waals surface area (Å²) in [5.41, 5.74) is 3.36. The molecule has 0 aromatic heterocycles. The molecule has 1 amide bonds. The van der Waals surface area contributed by atoms with E-state index in [-0.39, 0.29) is 5.91 Å². The summed E-state index contributed by atoms with van der Waals surface area (Å²) < 4.78 is 5.12. The van der Waals surface area contributed by atoms with Gasteiger partial charge < -0.3 is 9.64 Å². The Kier molecular flexibility index (Phi) is 3.73. The molecule has 1 aliphatic heterocycles. The Labute approximate surface area is 124 Å². The van der Waals surface area contributed by atoms with Gasteiger partial charge in [0.05, 0.1) is 20.1 Å². The molecule has 0 unspecified atom stereocenters. The molecular formula is C18H17NO2. The van der Waals surface area contributed by atoms with Gasteiger partial charge in [-0.1, -0.05) is 36.4 Å². The van der Waals surface area contributed by atoms with Crippen molar-refractivity contribution in [2.45, 2.75) is 13.0 Å². The molecule has 0 saturated heterocycles. The molecule has 21 heavy (non-hydrogen) atoms. The molecule has 3 rings (SSSR count). The Morgan fingerprint density at radius 3 is 2.67 bits per heavy atom. The Morgan fingerprint density at radius 2 is 1.90 bits per heavy atom. The van der Waals surface area contributed by atoms with Gasteiger partial charge in [-0.15, -0.1) is 0 Å². The van der Waals surface area contributed by atoms with Crippen molar-refractivity contribution in [2.75, 3.05) is 7.11 Å². The van der Waals surface area contributed by atoms with Gasteiger partial charge in [0.15, 0.2) is 0 Å². The van der Waals surface area contributed by atoms with Crippen LogP contribution in [0.25, 0.3) is 6.08 Å². The van der Waals surface area contributed by atoms with Crippen LogP contribution < -0.4 is 4.74 Å². The van der Waals surface area contributed by atoms with Crippen molar-refractivity contribution in [3.8, 4) is 5.75 Å². The number of hydrogen-bond donors (Lipinski definition) is 0. The van der Waals surface area contributed by atoms with Crippen molar-refractivity contribution in [1.82, 2.24) is 4.90 Å². The molecule has 2 aromatic carbocycles. The molecule has 0 saturated carbocycles. The van der Waals surface area contributed by atoms with Crippen LogP contribution in [0.2, 0.25) is 0 Å². The maximum absolute atomic E-state index is 12.4. The topological polar surface area (TPSA) is 29.5 Å². The Bertz CT molecular complexity index is 674. The van der Waals surface area contributed by atoms with Gasteiger partial charge in [-0.05, 0) is 34.9 Å². The number of rotatable bonds is 3. The lowest BCUT2D eigenvalue weighted by Gasteiger charge is -2.23. The number of carbonyl (C=O) groups excluding carboxylic acids is 1. The van der Waals surface area contributed by atoms with E-state index in [1.807, 2.05) is 48.7 Å². The van der Waals surface area contributed by atoms with Crippen molar-refractivity contribution in [3.05, 3.63) is 71.4 Å². The highest BCUT2D eigenvalue weighted by Gasteiger charge is 2.16. The molecule has 1 heterocycles. The second kappa shape index (κ2) is 5.83. The minimum absolute atomic E-state index is 0.103. The number of amides is 1. The largest absolute Gasteiger partial charge is 0.497 e. The molecule has 0 atom stereocenters. The SMILES string of the molecule is COc1ccc(CC(=O)N2C=Cc3ccccc3C2)cc1. The summed E-state index contributed by atoms with van der Waals surface area (Å²) in [6.45, 7) is 0.641. The van der Waals surface area contributed by atoms with Crippen LogP contribution in [0, 0.1) is 0 Å². The molecule has 0 aliphatic carbocycles. The Balaban J connectivity index is 1.69. The number of ether oxygens (including phenoxy) is 1. The van der Waals surface area contributed by atoms with Crippen molar-refractivity contribution in [2.24, 2.45) is 0 Å². The zero-order valence-corrected chi connectivity index (χ0v) is 12.0. The second-order valence-electron chi connectivity index (χ2n) is 5.06. The van der Waals surface area contributed by atoms with Crippen LogP contribution in [0.15, 0.2) is 54.7 Å². The van der Waals surface area contributed by atoms with E-state index in [0.717, 1.165) is 11.3 Å². The Morgan fingerprint density at radius 1 is 1.14 bits per heavy atom. The van der Waals surface area contributed by atoms with Gasteiger partial charge in [-0.2, -0.15) is 0 Å². The van der Waals surface area contributed by atoms with Gasteiger partial charge >= 0.3 is 0 Å². The highest BCUT2D eigenvalue weighted by atomic mass is 16.5. The maximum atomic E-state index is 12.4. The van der Waals surface area contributed by atoms with Gasteiger partial charge in [-0.3, -0.25) is 4.79 Å². The molecule has 1 aliphatic rings. The smallest absolute Gasteiger partial charge is 0.231 e. The van der Waals surface area contributed by atoms with E-state index >= 15 is 0 Å². The van der Waals surface area contributed by atoms with Crippen LogP contribution in [0.3, 0.4) is 0 Å². The number of hydrogen-bond acceptors (Lipinski definition) is 2. The van der Waals surface area contributed by atoms with Crippen LogP contribution in [0.5, 0.6) is 5.75 Å². The third-order valence-corrected chi connectivity index (χ3v) is 3.66. The number of fused-ring (bicyclic) bond motifs is 1. The first kappa shape index (κ1) is 13.4. The van der Waals surface area contributed by atoms with Gasteiger partial charge in [0.2, 0.25) is 5.91 Å². The molecular weight excluding hydrogens is 262 g/mol. The second-order valence-corrected chi connectivity index (χ2v) is 5.06. The summed E-state index contributed by atoms with van der Waals surface area (Å²) in [6.07, 6.45) is 4.26. The summed E-state index contributed by atoms with van der Waals surface area (Å²) in [4.78, 5) is 14.1. The molecule has 0 radical (unpaired) electrons. The van der Waals surface area contributed by atoms with E-state index < -0.39 is 0 Å². The number of carbonyl (C=O) groups is 1. The van der Waals surface area contributed by atoms with E-state index in [1.165, 1.54) is 11.1 Å². The molecule has 0 fully saturated rings. The quantitative estimate of drug-likeness (QED) is 0.863. The minimum Gasteiger partial charge on any atom is -0.497 e. The van der Waals surface area contributed by atoms with Gasteiger partial charge in [0.1, 0.15) is 5.75 Å². The normalized spacial score (nSPS) is 12.9. The number of nitrogens with zero attached hydrogens (tertiary/aromatic N) is 1. The fourth-order valence-corrected chi connectivity index (χ4v) is 2.44. The first-order chi connectivity index (χ1) is 10.3. The summed E-state index contributed by atoms with van der Waals surface area (Å²) in [5, 5.41) is 0. The zero-order valence-electron chi connectivity index (χ0n) is 12.0. The predicted octanol–water partition coefficient (Wildman–Crippen LogP) is 3.25. The van der Waals surface area contributed by atoms with E-state index in [9.17, 15) is 4.79 Å². The number of benzene rings is 2. The molecule has 2 aromatic rings. The standard InChI is InChI=1S/C18H17NO2/c1-21-17-8-6-14(7-9-17)12-18(20)19-11-10-15-4-2-3-5-16(15)13-19/h2-11H,12-13H2,1H3. The third-order valence-electron chi connectivity index (χ3n) is 3.66. The fourth-order valence-electron chi connectivity index (χ4n) is 2.44. The van der Waals surface area contributed by atoms with Crippen molar-refractivity contribution >= 4 is 12.0 Å². The molecule has 0 N–H and O–H groups in total. The average molecular weight is 279 g/mol. The van der Waals surface area contributed by atoms with Gasteiger partial charge in [-0.25, -0.2) is 0 Å². The van der Waals surface area contributed by atoms with Crippen LogP contribution in [-0.2, 0) is 17.8 Å². The van der Waals surface area contributed by atoms with Crippen molar-refractivity contribution < 1.29 is 9.53 Å². The van der Waals surface area contributed by atoms with E-state index in [2.05, 4.69) is 12.1 Å². The zero-order chi connectivity index (χ0) is 14.7. The highest BCUT2D eigenvalue weighted by molar-refractivity contribution is 5.81. The monoisotopic (exact) mass is 279 g/mol. The summed E-state index contributed by atoms with van der Waals surface area (Å²) >= 11 is 0. The van der Waals surface area contributed by atoms with E-state index in [4.69, 9.17) is 4.74 Å². The van der Waals surface area contributed by atoms with Crippen molar-refractivity contribution in [3.63, 3.8) is 0 Å². The Hall–Kier alpha value is -2.55. The van der Waals surface area contributed by atoms with Gasteiger partial charge in [0, 0.05) is 6.20 Å².